The van der Waals surface area contributed by atoms with Gasteiger partial charge in [-0.25, -0.2) is 9.37 Å². The number of rotatable bonds is 4. The Morgan fingerprint density at radius 1 is 1.40 bits per heavy atom. The first-order chi connectivity index (χ1) is 11.6. The summed E-state index contributed by atoms with van der Waals surface area (Å²) >= 11 is 8.91. The highest BCUT2D eigenvalue weighted by atomic mass is 79.9. The summed E-state index contributed by atoms with van der Waals surface area (Å²) in [6, 6.07) is 4.91. The summed E-state index contributed by atoms with van der Waals surface area (Å²) in [5.41, 5.74) is -0.418. The minimum absolute atomic E-state index is 0.133. The first kappa shape index (κ1) is 19.5. The monoisotopic (exact) mass is 440 g/mol. The third-order valence-electron chi connectivity index (χ3n) is 2.99. The van der Waals surface area contributed by atoms with Gasteiger partial charge in [0.25, 0.3) is 5.91 Å². The normalized spacial score (nSPS) is 11.3. The molecule has 0 N–H and O–H groups in total. The number of carbonyl (C=O) groups excluding carboxylic acids is 1. The fourth-order valence-corrected chi connectivity index (χ4v) is 2.45. The number of anilines is 1. The summed E-state index contributed by atoms with van der Waals surface area (Å²) in [5, 5.41) is -0.133. The molecule has 2 aromatic rings. The van der Waals surface area contributed by atoms with Crippen LogP contribution in [0.5, 0.6) is 5.75 Å². The molecule has 1 amide bonds. The number of pyridine rings is 1. The maximum absolute atomic E-state index is 13.9. The molecule has 0 aliphatic carbocycles. The predicted octanol–water partition coefficient (Wildman–Crippen LogP) is 4.85. The number of carbonyl (C=O) groups is 1. The smallest absolute Gasteiger partial charge is 0.422 e. The second-order valence-corrected chi connectivity index (χ2v) is 6.16. The van der Waals surface area contributed by atoms with Gasteiger partial charge in [0.1, 0.15) is 5.82 Å². The van der Waals surface area contributed by atoms with Crippen molar-refractivity contribution in [3.8, 4) is 5.75 Å². The van der Waals surface area contributed by atoms with E-state index in [-0.39, 0.29) is 16.6 Å². The van der Waals surface area contributed by atoms with Gasteiger partial charge in [-0.3, -0.25) is 9.69 Å². The van der Waals surface area contributed by atoms with Crippen LogP contribution in [0.1, 0.15) is 10.4 Å². The van der Waals surface area contributed by atoms with E-state index in [0.29, 0.717) is 4.47 Å². The van der Waals surface area contributed by atoms with Gasteiger partial charge in [0, 0.05) is 17.7 Å². The van der Waals surface area contributed by atoms with Crippen LogP contribution in [0.2, 0.25) is 5.02 Å². The van der Waals surface area contributed by atoms with E-state index < -0.39 is 30.1 Å². The molecule has 0 atom stereocenters. The second-order valence-electron chi connectivity index (χ2n) is 4.84. The van der Waals surface area contributed by atoms with Crippen molar-refractivity contribution in [2.45, 2.75) is 6.18 Å². The molecule has 1 heterocycles. The van der Waals surface area contributed by atoms with Crippen molar-refractivity contribution in [3.05, 3.63) is 51.3 Å². The summed E-state index contributed by atoms with van der Waals surface area (Å²) in [5.74, 6) is -2.25. The maximum Gasteiger partial charge on any atom is 0.422 e. The Hall–Kier alpha value is -1.87. The molecule has 25 heavy (non-hydrogen) atoms. The molecule has 0 fully saturated rings. The van der Waals surface area contributed by atoms with Crippen molar-refractivity contribution >= 4 is 39.3 Å². The molecule has 0 aliphatic rings. The molecule has 0 aliphatic heterocycles. The number of nitrogens with zero attached hydrogens (tertiary/aromatic N) is 2. The molecule has 1 aromatic carbocycles. The van der Waals surface area contributed by atoms with Crippen LogP contribution in [0.25, 0.3) is 0 Å². The lowest BCUT2D eigenvalue weighted by Gasteiger charge is -2.21. The van der Waals surface area contributed by atoms with Gasteiger partial charge in [-0.2, -0.15) is 13.2 Å². The van der Waals surface area contributed by atoms with Crippen LogP contribution in [0.4, 0.5) is 23.4 Å². The Bertz CT molecular complexity index is 781. The van der Waals surface area contributed by atoms with Crippen LogP contribution in [0.3, 0.4) is 0 Å². The first-order valence-corrected chi connectivity index (χ1v) is 7.84. The molecule has 10 heteroatoms. The van der Waals surface area contributed by atoms with Crippen LogP contribution in [0.15, 0.2) is 34.9 Å². The first-order valence-electron chi connectivity index (χ1n) is 6.67. The zero-order valence-corrected chi connectivity index (χ0v) is 14.9. The molecule has 0 bridgehead atoms. The number of halogens is 6. The van der Waals surface area contributed by atoms with Crippen LogP contribution in [-0.4, -0.2) is 30.7 Å². The molecule has 0 saturated heterocycles. The Morgan fingerprint density at radius 2 is 2.08 bits per heavy atom. The van der Waals surface area contributed by atoms with E-state index in [1.807, 2.05) is 0 Å². The highest BCUT2D eigenvalue weighted by Crippen LogP contribution is 2.32. The zero-order chi connectivity index (χ0) is 18.8. The van der Waals surface area contributed by atoms with Gasteiger partial charge in [0.05, 0.1) is 10.6 Å². The Labute approximate surface area is 153 Å². The third-order valence-corrected chi connectivity index (χ3v) is 3.74. The number of alkyl halides is 3. The summed E-state index contributed by atoms with van der Waals surface area (Å²) in [6.07, 6.45) is -3.31. The number of amides is 1. The van der Waals surface area contributed by atoms with E-state index in [0.717, 1.165) is 11.0 Å². The minimum Gasteiger partial charge on any atom is -0.480 e. The number of ether oxygens (including phenoxy) is 1. The van der Waals surface area contributed by atoms with E-state index in [9.17, 15) is 22.4 Å². The number of hydrogen-bond donors (Lipinski definition) is 0. The van der Waals surface area contributed by atoms with Crippen molar-refractivity contribution in [1.29, 1.82) is 0 Å². The van der Waals surface area contributed by atoms with Gasteiger partial charge in [0.15, 0.2) is 18.2 Å². The number of benzene rings is 1. The summed E-state index contributed by atoms with van der Waals surface area (Å²) in [7, 11) is 1.22. The summed E-state index contributed by atoms with van der Waals surface area (Å²) < 4.78 is 56.2. The Morgan fingerprint density at radius 3 is 2.68 bits per heavy atom. The Balaban J connectivity index is 2.38. The molecular formula is C15H10BrClF4N2O2. The SMILES string of the molecule is CN(C(=O)c1c(F)cccc1Cl)c1ncc(Br)cc1OCC(F)(F)F. The Kier molecular flexibility index (Phi) is 5.89. The van der Waals surface area contributed by atoms with Crippen LogP contribution in [0, 0.1) is 5.82 Å². The molecule has 0 radical (unpaired) electrons. The molecule has 0 spiro atoms. The van der Waals surface area contributed by atoms with Crippen molar-refractivity contribution < 1.29 is 27.1 Å². The van der Waals surface area contributed by atoms with Gasteiger partial charge in [-0.15, -0.1) is 0 Å². The summed E-state index contributed by atoms with van der Waals surface area (Å²) in [6.45, 7) is -1.57. The molecule has 0 unspecified atom stereocenters. The van der Waals surface area contributed by atoms with E-state index in [1.165, 1.54) is 31.4 Å². The molecule has 1 aromatic heterocycles. The van der Waals surface area contributed by atoms with Crippen molar-refractivity contribution in [2.75, 3.05) is 18.6 Å². The van der Waals surface area contributed by atoms with Gasteiger partial charge in [-0.05, 0) is 34.1 Å². The molecule has 4 nitrogen and oxygen atoms in total. The van der Waals surface area contributed by atoms with E-state index >= 15 is 0 Å². The highest BCUT2D eigenvalue weighted by Gasteiger charge is 2.30. The van der Waals surface area contributed by atoms with Crippen molar-refractivity contribution in [1.82, 2.24) is 4.98 Å². The van der Waals surface area contributed by atoms with E-state index in [4.69, 9.17) is 16.3 Å². The van der Waals surface area contributed by atoms with Gasteiger partial charge >= 0.3 is 6.18 Å². The summed E-state index contributed by atoms with van der Waals surface area (Å²) in [4.78, 5) is 17.2. The molecular weight excluding hydrogens is 432 g/mol. The molecule has 2 rings (SSSR count). The fraction of sp³-hybridized carbons (Fsp3) is 0.200. The van der Waals surface area contributed by atoms with E-state index in [1.54, 1.807) is 0 Å². The topological polar surface area (TPSA) is 42.4 Å². The third kappa shape index (κ3) is 4.82. The average Bonchev–Trinajstić information content (AvgIpc) is 2.51. The van der Waals surface area contributed by atoms with E-state index in [2.05, 4.69) is 20.9 Å². The molecule has 134 valence electrons. The van der Waals surface area contributed by atoms with Crippen LogP contribution in [-0.2, 0) is 0 Å². The highest BCUT2D eigenvalue weighted by molar-refractivity contribution is 9.10. The lowest BCUT2D eigenvalue weighted by Crippen LogP contribution is -2.29. The minimum atomic E-state index is -4.57. The van der Waals surface area contributed by atoms with Crippen LogP contribution < -0.4 is 9.64 Å². The van der Waals surface area contributed by atoms with Gasteiger partial charge in [0.2, 0.25) is 0 Å². The van der Waals surface area contributed by atoms with Crippen LogP contribution >= 0.6 is 27.5 Å². The van der Waals surface area contributed by atoms with Gasteiger partial charge < -0.3 is 4.74 Å². The lowest BCUT2D eigenvalue weighted by molar-refractivity contribution is -0.153. The predicted molar refractivity (Wildman–Crippen MR) is 87.6 cm³/mol. The quantitative estimate of drug-likeness (QED) is 0.637. The fourth-order valence-electron chi connectivity index (χ4n) is 1.90. The zero-order valence-electron chi connectivity index (χ0n) is 12.6. The largest absolute Gasteiger partial charge is 0.480 e. The average molecular weight is 442 g/mol. The second kappa shape index (κ2) is 7.57. The lowest BCUT2D eigenvalue weighted by atomic mass is 10.2. The van der Waals surface area contributed by atoms with Crippen molar-refractivity contribution in [3.63, 3.8) is 0 Å². The van der Waals surface area contributed by atoms with Gasteiger partial charge in [-0.1, -0.05) is 17.7 Å². The number of aromatic nitrogens is 1. The molecule has 0 saturated carbocycles. The maximum atomic E-state index is 13.9. The number of hydrogen-bond acceptors (Lipinski definition) is 3. The van der Waals surface area contributed by atoms with Crippen molar-refractivity contribution in [2.24, 2.45) is 0 Å². The standard InChI is InChI=1S/C15H10BrClF4N2O2/c1-23(14(24)12-9(17)3-2-4-10(12)18)13-11(5-8(16)6-22-13)25-7-15(19,20)21/h2-6H,7H2,1H3.